The smallest absolute Gasteiger partial charge is 0.251 e. The van der Waals surface area contributed by atoms with Gasteiger partial charge in [-0.25, -0.2) is 4.98 Å². The van der Waals surface area contributed by atoms with Crippen LogP contribution in [0.2, 0.25) is 0 Å². The summed E-state index contributed by atoms with van der Waals surface area (Å²) in [4.78, 5) is 19.1. The van der Waals surface area contributed by atoms with Gasteiger partial charge in [-0.2, -0.15) is 0 Å². The van der Waals surface area contributed by atoms with E-state index in [1.54, 1.807) is 13.2 Å². The van der Waals surface area contributed by atoms with Gasteiger partial charge in [0.1, 0.15) is 5.82 Å². The lowest BCUT2D eigenvalue weighted by atomic mass is 9.92. The van der Waals surface area contributed by atoms with E-state index < -0.39 is 0 Å². The molecule has 106 valence electrons. The summed E-state index contributed by atoms with van der Waals surface area (Å²) in [6, 6.07) is 9.39. The molecule has 0 radical (unpaired) electrons. The summed E-state index contributed by atoms with van der Waals surface area (Å²) in [5.41, 5.74) is 2.50. The number of aromatic nitrogens is 2. The van der Waals surface area contributed by atoms with Gasteiger partial charge in [0, 0.05) is 24.2 Å². The van der Waals surface area contributed by atoms with Crippen molar-refractivity contribution < 1.29 is 4.74 Å². The first-order valence-electron chi connectivity index (χ1n) is 6.60. The van der Waals surface area contributed by atoms with Gasteiger partial charge in [0.2, 0.25) is 0 Å². The quantitative estimate of drug-likeness (QED) is 0.934. The fourth-order valence-corrected chi connectivity index (χ4v) is 1.90. The second-order valence-corrected chi connectivity index (χ2v) is 5.86. The Balaban J connectivity index is 2.42. The van der Waals surface area contributed by atoms with Gasteiger partial charge in [0.25, 0.3) is 5.56 Å². The van der Waals surface area contributed by atoms with Crippen LogP contribution in [0.3, 0.4) is 0 Å². The molecule has 4 heteroatoms. The molecule has 2 aromatic rings. The number of rotatable bonds is 3. The molecule has 1 N–H and O–H groups in total. The van der Waals surface area contributed by atoms with E-state index in [0.29, 0.717) is 12.4 Å². The fraction of sp³-hybridized carbons (Fsp3) is 0.375. The van der Waals surface area contributed by atoms with Crippen LogP contribution in [-0.4, -0.2) is 17.1 Å². The van der Waals surface area contributed by atoms with E-state index in [4.69, 9.17) is 4.74 Å². The molecule has 0 saturated heterocycles. The van der Waals surface area contributed by atoms with Crippen molar-refractivity contribution >= 4 is 0 Å². The highest BCUT2D eigenvalue weighted by molar-refractivity contribution is 5.55. The Kier molecular flexibility index (Phi) is 4.04. The standard InChI is InChI=1S/C16H20N2O2/c1-16(2,3)13-9-14(19)18-15(17-13)12-7-5-11(6-8-12)10-20-4/h5-9H,10H2,1-4H3,(H,17,18,19). The summed E-state index contributed by atoms with van der Waals surface area (Å²) in [6.45, 7) is 6.70. The Morgan fingerprint density at radius 1 is 1.20 bits per heavy atom. The van der Waals surface area contributed by atoms with E-state index in [2.05, 4.69) is 9.97 Å². The Morgan fingerprint density at radius 3 is 2.40 bits per heavy atom. The molecule has 0 aliphatic rings. The predicted molar refractivity (Wildman–Crippen MR) is 79.7 cm³/mol. The molecule has 0 aliphatic carbocycles. The van der Waals surface area contributed by atoms with E-state index in [9.17, 15) is 4.79 Å². The van der Waals surface area contributed by atoms with Crippen molar-refractivity contribution in [2.45, 2.75) is 32.8 Å². The van der Waals surface area contributed by atoms with Crippen LogP contribution < -0.4 is 5.56 Å². The summed E-state index contributed by atoms with van der Waals surface area (Å²) in [6.07, 6.45) is 0. The zero-order valence-corrected chi connectivity index (χ0v) is 12.4. The Hall–Kier alpha value is -1.94. The second-order valence-electron chi connectivity index (χ2n) is 5.86. The molecule has 20 heavy (non-hydrogen) atoms. The highest BCUT2D eigenvalue weighted by Gasteiger charge is 2.17. The maximum Gasteiger partial charge on any atom is 0.251 e. The largest absolute Gasteiger partial charge is 0.380 e. The molecule has 1 aromatic carbocycles. The van der Waals surface area contributed by atoms with Gasteiger partial charge in [-0.15, -0.1) is 0 Å². The van der Waals surface area contributed by atoms with E-state index in [1.165, 1.54) is 0 Å². The van der Waals surface area contributed by atoms with Gasteiger partial charge in [0.05, 0.1) is 12.3 Å². The van der Waals surface area contributed by atoms with Crippen LogP contribution in [0, 0.1) is 0 Å². The van der Waals surface area contributed by atoms with Crippen LogP contribution in [0.15, 0.2) is 35.1 Å². The van der Waals surface area contributed by atoms with E-state index in [0.717, 1.165) is 16.8 Å². The molecule has 2 rings (SSSR count). The summed E-state index contributed by atoms with van der Waals surface area (Å²) in [7, 11) is 1.67. The Morgan fingerprint density at radius 2 is 1.85 bits per heavy atom. The topological polar surface area (TPSA) is 55.0 Å². The third-order valence-corrected chi connectivity index (χ3v) is 3.05. The number of nitrogens with zero attached hydrogens (tertiary/aromatic N) is 1. The zero-order chi connectivity index (χ0) is 14.8. The first kappa shape index (κ1) is 14.5. The first-order chi connectivity index (χ1) is 9.40. The average Bonchev–Trinajstić information content (AvgIpc) is 2.38. The van der Waals surface area contributed by atoms with Crippen molar-refractivity contribution in [3.63, 3.8) is 0 Å². The minimum Gasteiger partial charge on any atom is -0.380 e. The Bertz CT molecular complexity index is 637. The number of ether oxygens (including phenoxy) is 1. The minimum absolute atomic E-state index is 0.124. The van der Waals surface area contributed by atoms with E-state index in [1.807, 2.05) is 45.0 Å². The zero-order valence-electron chi connectivity index (χ0n) is 12.4. The molecule has 0 spiro atoms. The Labute approximate surface area is 118 Å². The first-order valence-corrected chi connectivity index (χ1v) is 6.60. The molecule has 0 atom stereocenters. The number of hydrogen-bond donors (Lipinski definition) is 1. The summed E-state index contributed by atoms with van der Waals surface area (Å²) in [5.74, 6) is 0.603. The lowest BCUT2D eigenvalue weighted by molar-refractivity contribution is 0.185. The van der Waals surface area contributed by atoms with E-state index >= 15 is 0 Å². The molecule has 0 amide bonds. The van der Waals surface area contributed by atoms with Crippen LogP contribution in [0.4, 0.5) is 0 Å². The number of hydrogen-bond acceptors (Lipinski definition) is 3. The second kappa shape index (κ2) is 5.59. The van der Waals surface area contributed by atoms with E-state index in [-0.39, 0.29) is 11.0 Å². The van der Waals surface area contributed by atoms with Gasteiger partial charge >= 0.3 is 0 Å². The molecule has 0 aliphatic heterocycles. The van der Waals surface area contributed by atoms with Crippen LogP contribution in [0.5, 0.6) is 0 Å². The van der Waals surface area contributed by atoms with Crippen molar-refractivity contribution in [1.29, 1.82) is 0 Å². The molecule has 4 nitrogen and oxygen atoms in total. The van der Waals surface area contributed by atoms with Gasteiger partial charge in [-0.3, -0.25) is 4.79 Å². The van der Waals surface area contributed by atoms with Crippen LogP contribution >= 0.6 is 0 Å². The van der Waals surface area contributed by atoms with Crippen LogP contribution in [-0.2, 0) is 16.8 Å². The molecule has 0 saturated carbocycles. The molecule has 0 fully saturated rings. The molecule has 1 aromatic heterocycles. The number of benzene rings is 1. The van der Waals surface area contributed by atoms with Crippen molar-refractivity contribution in [2.75, 3.05) is 7.11 Å². The highest BCUT2D eigenvalue weighted by atomic mass is 16.5. The van der Waals surface area contributed by atoms with Crippen molar-refractivity contribution in [3.8, 4) is 11.4 Å². The van der Waals surface area contributed by atoms with Gasteiger partial charge in [0.15, 0.2) is 0 Å². The normalized spacial score (nSPS) is 11.6. The monoisotopic (exact) mass is 272 g/mol. The molecule has 0 bridgehead atoms. The van der Waals surface area contributed by atoms with Gasteiger partial charge < -0.3 is 9.72 Å². The van der Waals surface area contributed by atoms with Crippen molar-refractivity contribution in [1.82, 2.24) is 9.97 Å². The lowest BCUT2D eigenvalue weighted by Crippen LogP contribution is -2.19. The maximum atomic E-state index is 11.8. The summed E-state index contributed by atoms with van der Waals surface area (Å²) < 4.78 is 5.08. The van der Waals surface area contributed by atoms with Crippen molar-refractivity contribution in [3.05, 3.63) is 51.9 Å². The third kappa shape index (κ3) is 3.33. The molecular formula is C16H20N2O2. The third-order valence-electron chi connectivity index (χ3n) is 3.05. The molecular weight excluding hydrogens is 252 g/mol. The predicted octanol–water partition coefficient (Wildman–Crippen LogP) is 2.88. The summed E-state index contributed by atoms with van der Waals surface area (Å²) in [5, 5.41) is 0. The van der Waals surface area contributed by atoms with Crippen LogP contribution in [0.25, 0.3) is 11.4 Å². The number of aromatic amines is 1. The average molecular weight is 272 g/mol. The SMILES string of the molecule is COCc1ccc(-c2nc(C(C)(C)C)cc(=O)[nH]2)cc1. The molecule has 1 heterocycles. The fourth-order valence-electron chi connectivity index (χ4n) is 1.90. The maximum absolute atomic E-state index is 11.8. The van der Waals surface area contributed by atoms with Crippen LogP contribution in [0.1, 0.15) is 32.0 Å². The number of nitrogens with one attached hydrogen (secondary N) is 1. The number of H-pyrrole nitrogens is 1. The minimum atomic E-state index is -0.154. The van der Waals surface area contributed by atoms with Gasteiger partial charge in [-0.1, -0.05) is 45.0 Å². The highest BCUT2D eigenvalue weighted by Crippen LogP contribution is 2.21. The number of methoxy groups -OCH3 is 1. The molecule has 0 unspecified atom stereocenters. The lowest BCUT2D eigenvalue weighted by Gasteiger charge is -2.17. The van der Waals surface area contributed by atoms with Crippen molar-refractivity contribution in [2.24, 2.45) is 0 Å². The van der Waals surface area contributed by atoms with Gasteiger partial charge in [-0.05, 0) is 5.56 Å². The summed E-state index contributed by atoms with van der Waals surface area (Å²) >= 11 is 0.